The van der Waals surface area contributed by atoms with Crippen molar-refractivity contribution in [2.45, 2.75) is 19.2 Å². The Bertz CT molecular complexity index is 1220. The molecule has 1 unspecified atom stereocenters. The maximum absolute atomic E-state index is 15.2. The van der Waals surface area contributed by atoms with E-state index in [1.165, 1.54) is 19.3 Å². The van der Waals surface area contributed by atoms with Gasteiger partial charge >= 0.3 is 57.6 Å². The van der Waals surface area contributed by atoms with Crippen molar-refractivity contribution in [1.82, 2.24) is 19.6 Å². The Morgan fingerprint density at radius 1 is 1.30 bits per heavy atom. The molecule has 12 heteroatoms. The van der Waals surface area contributed by atoms with Gasteiger partial charge in [-0.05, 0) is 18.8 Å². The molecular weight excluding hydrogens is 453 g/mol. The van der Waals surface area contributed by atoms with Crippen molar-refractivity contribution in [1.29, 1.82) is 0 Å². The number of benzene rings is 1. The van der Waals surface area contributed by atoms with Crippen molar-refractivity contribution < 1.29 is 73.7 Å². The Morgan fingerprint density at radius 3 is 2.70 bits per heavy atom. The number of ether oxygens (including phenoxy) is 1. The zero-order chi connectivity index (χ0) is 20.9. The van der Waals surface area contributed by atoms with Gasteiger partial charge in [0.15, 0.2) is 11.9 Å². The monoisotopic (exact) mass is 465 g/mol. The molecular formula is C18H13ClF4KN5O. The van der Waals surface area contributed by atoms with E-state index in [1.54, 1.807) is 22.7 Å². The van der Waals surface area contributed by atoms with Crippen molar-refractivity contribution >= 4 is 34.0 Å². The normalized spacial score (nSPS) is 13.0. The molecule has 1 aromatic carbocycles. The van der Waals surface area contributed by atoms with Crippen LogP contribution in [0.4, 0.5) is 23.4 Å². The first-order chi connectivity index (χ1) is 13.7. The van der Waals surface area contributed by atoms with Crippen molar-refractivity contribution in [3.8, 4) is 11.1 Å². The van der Waals surface area contributed by atoms with Crippen molar-refractivity contribution in [2.75, 3.05) is 6.61 Å². The predicted molar refractivity (Wildman–Crippen MR) is 99.7 cm³/mol. The molecule has 0 amide bonds. The third-order valence-electron chi connectivity index (χ3n) is 4.46. The molecule has 0 aliphatic rings. The van der Waals surface area contributed by atoms with E-state index in [-0.39, 0.29) is 80.3 Å². The van der Waals surface area contributed by atoms with Crippen LogP contribution in [0, 0.1) is 5.82 Å². The minimum absolute atomic E-state index is 0. The number of alkyl halides is 3. The molecule has 3 aromatic heterocycles. The molecule has 2 N–H and O–H groups in total. The number of H-pyrrole nitrogens is 1. The first-order valence-electron chi connectivity index (χ1n) is 8.45. The van der Waals surface area contributed by atoms with Crippen molar-refractivity contribution in [3.63, 3.8) is 0 Å². The number of nitrogens with zero attached hydrogens (tertiary/aromatic N) is 3. The van der Waals surface area contributed by atoms with Gasteiger partial charge in [0.2, 0.25) is 0 Å². The number of halogens is 5. The first-order valence-corrected chi connectivity index (χ1v) is 8.83. The second-order valence-electron chi connectivity index (χ2n) is 6.26. The molecule has 4 rings (SSSR count). The Morgan fingerprint density at radius 2 is 2.03 bits per heavy atom. The Labute approximate surface area is 215 Å². The van der Waals surface area contributed by atoms with Crippen LogP contribution in [0.1, 0.15) is 18.6 Å². The molecule has 0 aliphatic heterocycles. The average molecular weight is 466 g/mol. The number of rotatable bonds is 4. The van der Waals surface area contributed by atoms with E-state index >= 15 is 4.39 Å². The molecule has 0 fully saturated rings. The summed E-state index contributed by atoms with van der Waals surface area (Å²) in [6.07, 6.45) is -3.05. The van der Waals surface area contributed by atoms with Gasteiger partial charge in [-0.3, -0.25) is 5.10 Å². The minimum atomic E-state index is -4.85. The van der Waals surface area contributed by atoms with Gasteiger partial charge in [-0.15, -0.1) is 0 Å². The largest absolute Gasteiger partial charge is 1.00 e. The molecule has 152 valence electrons. The van der Waals surface area contributed by atoms with Crippen LogP contribution in [0.2, 0.25) is 5.02 Å². The number of pyridine rings is 1. The quantitative estimate of drug-likeness (QED) is 0.372. The van der Waals surface area contributed by atoms with E-state index in [0.717, 1.165) is 0 Å². The van der Waals surface area contributed by atoms with Gasteiger partial charge in [0, 0.05) is 41.2 Å². The fraction of sp³-hybridized carbons (Fsp3) is 0.222. The number of hydrogen-bond acceptors (Lipinski definition) is 3. The Balaban J connectivity index is 0.00000256. The molecule has 0 saturated heterocycles. The summed E-state index contributed by atoms with van der Waals surface area (Å²) in [5.41, 5.74) is 7.81. The summed E-state index contributed by atoms with van der Waals surface area (Å²) in [4.78, 5) is 3.99. The second-order valence-corrected chi connectivity index (χ2v) is 6.64. The van der Waals surface area contributed by atoms with E-state index in [4.69, 9.17) is 22.1 Å². The Hall–Kier alpha value is -1.21. The van der Waals surface area contributed by atoms with Crippen LogP contribution in [0.3, 0.4) is 0 Å². The summed E-state index contributed by atoms with van der Waals surface area (Å²) in [5, 5.41) is 5.98. The second kappa shape index (κ2) is 8.73. The molecule has 0 radical (unpaired) electrons. The summed E-state index contributed by atoms with van der Waals surface area (Å²) < 4.78 is 62.1. The number of fused-ring (bicyclic) bond motifs is 2. The van der Waals surface area contributed by atoms with Gasteiger partial charge < -0.3 is 19.9 Å². The SMILES string of the molecule is CCOC(c1c(F)c(Cl)c(-c2ccc3nc([NH-])cn3c2)c2cn[nH]c12)C(F)(F)F.[K+]. The fourth-order valence-electron chi connectivity index (χ4n) is 3.31. The molecule has 3 heterocycles. The molecule has 0 spiro atoms. The van der Waals surface area contributed by atoms with Crippen molar-refractivity contribution in [2.24, 2.45) is 0 Å². The van der Waals surface area contributed by atoms with Gasteiger partial charge in [0.25, 0.3) is 0 Å². The van der Waals surface area contributed by atoms with Gasteiger partial charge in [0.1, 0.15) is 0 Å². The van der Waals surface area contributed by atoms with Crippen molar-refractivity contribution in [3.05, 3.63) is 52.9 Å². The van der Waals surface area contributed by atoms with Crippen LogP contribution in [0.15, 0.2) is 30.7 Å². The number of aromatic nitrogens is 4. The van der Waals surface area contributed by atoms with E-state index in [0.29, 0.717) is 11.2 Å². The average Bonchev–Trinajstić information content (AvgIpc) is 3.26. The molecule has 0 saturated carbocycles. The fourth-order valence-corrected chi connectivity index (χ4v) is 3.63. The molecule has 6 nitrogen and oxygen atoms in total. The number of imidazole rings is 1. The van der Waals surface area contributed by atoms with Crippen LogP contribution < -0.4 is 51.4 Å². The smallest absolute Gasteiger partial charge is 0.481 e. The topological polar surface area (TPSA) is 79.0 Å². The van der Waals surface area contributed by atoms with Gasteiger partial charge in [-0.25, -0.2) is 4.39 Å². The van der Waals surface area contributed by atoms with Gasteiger partial charge in [-0.2, -0.15) is 18.3 Å². The van der Waals surface area contributed by atoms with Crippen LogP contribution in [0.25, 0.3) is 33.4 Å². The maximum Gasteiger partial charge on any atom is 1.00 e. The summed E-state index contributed by atoms with van der Waals surface area (Å²) in [7, 11) is 0. The summed E-state index contributed by atoms with van der Waals surface area (Å²) in [6.45, 7) is 1.11. The summed E-state index contributed by atoms with van der Waals surface area (Å²) in [5.74, 6) is -1.20. The number of aromatic amines is 1. The van der Waals surface area contributed by atoms with Gasteiger partial charge in [0.05, 0.1) is 22.3 Å². The predicted octanol–water partition coefficient (Wildman–Crippen LogP) is 3.00. The van der Waals surface area contributed by atoms with Crippen LogP contribution in [0.5, 0.6) is 0 Å². The van der Waals surface area contributed by atoms with Crippen LogP contribution >= 0.6 is 11.6 Å². The third kappa shape index (κ3) is 3.99. The zero-order valence-electron chi connectivity index (χ0n) is 15.8. The summed E-state index contributed by atoms with van der Waals surface area (Å²) in [6, 6.07) is 3.19. The zero-order valence-corrected chi connectivity index (χ0v) is 19.7. The number of nitrogens with one attached hydrogen (secondary N) is 2. The van der Waals surface area contributed by atoms with E-state index in [2.05, 4.69) is 15.2 Å². The molecule has 4 aromatic rings. The summed E-state index contributed by atoms with van der Waals surface area (Å²) >= 11 is 6.22. The maximum atomic E-state index is 15.2. The van der Waals surface area contributed by atoms with Crippen LogP contribution in [-0.2, 0) is 4.74 Å². The number of hydrogen-bond donors (Lipinski definition) is 1. The molecule has 0 bridgehead atoms. The van der Waals surface area contributed by atoms with E-state index in [1.807, 2.05) is 0 Å². The van der Waals surface area contributed by atoms with Crippen LogP contribution in [-0.4, -0.2) is 32.4 Å². The van der Waals surface area contributed by atoms with Gasteiger partial charge in [-0.1, -0.05) is 17.7 Å². The standard InChI is InChI=1S/C18H13ClF4N5O.K/c1-2-29-17(18(21,22)23)13-15(20)14(19)12(9-5-25-27-16(9)13)8-3-4-11-26-10(24)7-28(11)6-8;/h3-7,17,24H,2H2,1H3,(H,25,27);/q-1;+1. The first kappa shape index (κ1) is 23.4. The molecule has 1 atom stereocenters. The van der Waals surface area contributed by atoms with E-state index < -0.39 is 28.7 Å². The van der Waals surface area contributed by atoms with E-state index in [9.17, 15) is 13.2 Å². The Kier molecular flexibility index (Phi) is 6.82. The third-order valence-corrected chi connectivity index (χ3v) is 4.81. The molecule has 30 heavy (non-hydrogen) atoms. The minimum Gasteiger partial charge on any atom is -0.481 e. The molecule has 0 aliphatic carbocycles.